The second-order valence-electron chi connectivity index (χ2n) is 4.94. The number of rotatable bonds is 4. The molecule has 3 rings (SSSR count). The Hall–Kier alpha value is -2.82. The van der Waals surface area contributed by atoms with Gasteiger partial charge in [0.05, 0.1) is 12.2 Å². The fourth-order valence-corrected chi connectivity index (χ4v) is 2.16. The van der Waals surface area contributed by atoms with Crippen LogP contribution in [0.15, 0.2) is 59.6 Å². The summed E-state index contributed by atoms with van der Waals surface area (Å²) in [4.78, 5) is 16.2. The van der Waals surface area contributed by atoms with Gasteiger partial charge in [0, 0.05) is 12.1 Å². The zero-order valence-electron chi connectivity index (χ0n) is 12.1. The van der Waals surface area contributed by atoms with Crippen molar-refractivity contribution >= 4 is 17.6 Å². The van der Waals surface area contributed by atoms with Crippen LogP contribution in [0.25, 0.3) is 0 Å². The topological polar surface area (TPSA) is 62.7 Å². The van der Waals surface area contributed by atoms with Gasteiger partial charge in [0.1, 0.15) is 6.61 Å². The van der Waals surface area contributed by atoms with Gasteiger partial charge in [0.25, 0.3) is 0 Å². The minimum Gasteiger partial charge on any atom is -0.474 e. The van der Waals surface area contributed by atoms with Crippen molar-refractivity contribution in [3.8, 4) is 0 Å². The molecule has 0 bridgehead atoms. The third-order valence-corrected chi connectivity index (χ3v) is 3.33. The number of amides is 2. The summed E-state index contributed by atoms with van der Waals surface area (Å²) in [5.41, 5.74) is 3.01. The smallest absolute Gasteiger partial charge is 0.315 e. The van der Waals surface area contributed by atoms with Gasteiger partial charge in [-0.2, -0.15) is 0 Å². The molecule has 0 atom stereocenters. The molecule has 2 aromatic rings. The Bertz CT molecular complexity index is 683. The average Bonchev–Trinajstić information content (AvgIpc) is 2.59. The number of ether oxygens (including phenoxy) is 1. The van der Waals surface area contributed by atoms with Crippen molar-refractivity contribution in [1.29, 1.82) is 0 Å². The molecule has 0 saturated carbocycles. The highest BCUT2D eigenvalue weighted by molar-refractivity contribution is 5.86. The lowest BCUT2D eigenvalue weighted by Gasteiger charge is -2.17. The van der Waals surface area contributed by atoms with Crippen molar-refractivity contribution in [2.75, 3.05) is 6.54 Å². The SMILES string of the molecule is O=C(NCC1=Nc2ccccc2CO1)NCc1ccccc1. The molecule has 5 heteroatoms. The summed E-state index contributed by atoms with van der Waals surface area (Å²) >= 11 is 0. The summed E-state index contributed by atoms with van der Waals surface area (Å²) in [5, 5.41) is 5.54. The van der Waals surface area contributed by atoms with Crippen LogP contribution in [0.2, 0.25) is 0 Å². The van der Waals surface area contributed by atoms with E-state index in [0.717, 1.165) is 16.8 Å². The lowest BCUT2D eigenvalue weighted by molar-refractivity contribution is 0.239. The molecule has 0 aromatic heterocycles. The highest BCUT2D eigenvalue weighted by Crippen LogP contribution is 2.23. The molecule has 5 nitrogen and oxygen atoms in total. The number of nitrogens with zero attached hydrogens (tertiary/aromatic N) is 1. The number of hydrogen-bond acceptors (Lipinski definition) is 3. The summed E-state index contributed by atoms with van der Waals surface area (Å²) in [6.45, 7) is 1.25. The lowest BCUT2D eigenvalue weighted by Crippen LogP contribution is -2.38. The normalized spacial score (nSPS) is 12.6. The lowest BCUT2D eigenvalue weighted by atomic mass is 10.2. The first kappa shape index (κ1) is 14.1. The molecule has 0 unspecified atom stereocenters. The Morgan fingerprint density at radius 2 is 1.73 bits per heavy atom. The van der Waals surface area contributed by atoms with E-state index in [9.17, 15) is 4.79 Å². The van der Waals surface area contributed by atoms with Gasteiger partial charge in [-0.05, 0) is 11.6 Å². The van der Waals surface area contributed by atoms with E-state index >= 15 is 0 Å². The molecule has 1 aliphatic heterocycles. The average molecular weight is 295 g/mol. The molecule has 1 heterocycles. The van der Waals surface area contributed by atoms with Crippen LogP contribution < -0.4 is 10.6 Å². The predicted molar refractivity (Wildman–Crippen MR) is 85.0 cm³/mol. The number of urea groups is 1. The molecule has 0 aliphatic carbocycles. The van der Waals surface area contributed by atoms with Crippen LogP contribution in [0.1, 0.15) is 11.1 Å². The van der Waals surface area contributed by atoms with E-state index in [0.29, 0.717) is 19.0 Å². The van der Waals surface area contributed by atoms with Gasteiger partial charge in [-0.25, -0.2) is 9.79 Å². The van der Waals surface area contributed by atoms with Gasteiger partial charge >= 0.3 is 6.03 Å². The Morgan fingerprint density at radius 1 is 1.00 bits per heavy atom. The van der Waals surface area contributed by atoms with Gasteiger partial charge in [0.15, 0.2) is 0 Å². The van der Waals surface area contributed by atoms with Crippen molar-refractivity contribution in [2.24, 2.45) is 4.99 Å². The quantitative estimate of drug-likeness (QED) is 0.911. The van der Waals surface area contributed by atoms with Crippen LogP contribution in [0, 0.1) is 0 Å². The van der Waals surface area contributed by atoms with E-state index in [1.807, 2.05) is 54.6 Å². The summed E-state index contributed by atoms with van der Waals surface area (Å²) < 4.78 is 5.53. The third-order valence-electron chi connectivity index (χ3n) is 3.33. The third kappa shape index (κ3) is 3.63. The van der Waals surface area contributed by atoms with Crippen molar-refractivity contribution in [3.05, 3.63) is 65.7 Å². The molecule has 0 spiro atoms. The van der Waals surface area contributed by atoms with E-state index in [4.69, 9.17) is 4.74 Å². The largest absolute Gasteiger partial charge is 0.474 e. The minimum atomic E-state index is -0.242. The Balaban J connectivity index is 1.49. The summed E-state index contributed by atoms with van der Waals surface area (Å²) in [6.07, 6.45) is 0. The van der Waals surface area contributed by atoms with Gasteiger partial charge in [-0.3, -0.25) is 0 Å². The number of nitrogens with one attached hydrogen (secondary N) is 2. The first-order valence-corrected chi connectivity index (χ1v) is 7.15. The number of benzene rings is 2. The first-order valence-electron chi connectivity index (χ1n) is 7.15. The zero-order chi connectivity index (χ0) is 15.2. The van der Waals surface area contributed by atoms with Crippen LogP contribution in [0.5, 0.6) is 0 Å². The second-order valence-corrected chi connectivity index (χ2v) is 4.94. The number of aliphatic imine (C=N–C) groups is 1. The molecule has 0 saturated heterocycles. The number of para-hydroxylation sites is 1. The van der Waals surface area contributed by atoms with E-state index in [-0.39, 0.29) is 12.6 Å². The fourth-order valence-electron chi connectivity index (χ4n) is 2.16. The molecular formula is C17H17N3O2. The Kier molecular flexibility index (Phi) is 4.34. The minimum absolute atomic E-state index is 0.242. The summed E-state index contributed by atoms with van der Waals surface area (Å²) in [7, 11) is 0. The molecule has 112 valence electrons. The molecular weight excluding hydrogens is 278 g/mol. The van der Waals surface area contributed by atoms with Crippen molar-refractivity contribution in [1.82, 2.24) is 10.6 Å². The van der Waals surface area contributed by atoms with Crippen molar-refractivity contribution < 1.29 is 9.53 Å². The maximum Gasteiger partial charge on any atom is 0.315 e. The molecule has 22 heavy (non-hydrogen) atoms. The van der Waals surface area contributed by atoms with Crippen molar-refractivity contribution in [2.45, 2.75) is 13.2 Å². The molecule has 2 aromatic carbocycles. The number of carbonyl (C=O) groups is 1. The summed E-state index contributed by atoms with van der Waals surface area (Å²) in [6, 6.07) is 17.3. The van der Waals surface area contributed by atoms with Crippen LogP contribution in [0.4, 0.5) is 10.5 Å². The highest BCUT2D eigenvalue weighted by Gasteiger charge is 2.12. The maximum atomic E-state index is 11.8. The Labute approximate surface area is 129 Å². The van der Waals surface area contributed by atoms with Crippen LogP contribution in [-0.4, -0.2) is 18.5 Å². The molecule has 0 radical (unpaired) electrons. The second kappa shape index (κ2) is 6.76. The fraction of sp³-hybridized carbons (Fsp3) is 0.176. The van der Waals surface area contributed by atoms with Gasteiger partial charge < -0.3 is 15.4 Å². The van der Waals surface area contributed by atoms with Gasteiger partial charge in [-0.15, -0.1) is 0 Å². The number of carbonyl (C=O) groups excluding carboxylic acids is 1. The number of hydrogen-bond donors (Lipinski definition) is 2. The van der Waals surface area contributed by atoms with E-state index in [1.54, 1.807) is 0 Å². The highest BCUT2D eigenvalue weighted by atomic mass is 16.5. The monoisotopic (exact) mass is 295 g/mol. The molecule has 0 fully saturated rings. The van der Waals surface area contributed by atoms with E-state index < -0.39 is 0 Å². The molecule has 1 aliphatic rings. The predicted octanol–water partition coefficient (Wildman–Crippen LogP) is 2.75. The van der Waals surface area contributed by atoms with Crippen LogP contribution in [-0.2, 0) is 17.9 Å². The zero-order valence-corrected chi connectivity index (χ0v) is 12.1. The van der Waals surface area contributed by atoms with Gasteiger partial charge in [-0.1, -0.05) is 48.5 Å². The Morgan fingerprint density at radius 3 is 2.59 bits per heavy atom. The van der Waals surface area contributed by atoms with E-state index in [1.165, 1.54) is 0 Å². The number of fused-ring (bicyclic) bond motifs is 1. The maximum absolute atomic E-state index is 11.8. The van der Waals surface area contributed by atoms with Crippen LogP contribution in [0.3, 0.4) is 0 Å². The van der Waals surface area contributed by atoms with E-state index in [2.05, 4.69) is 15.6 Å². The van der Waals surface area contributed by atoms with Gasteiger partial charge in [0.2, 0.25) is 5.90 Å². The molecule has 2 amide bonds. The molecule has 2 N–H and O–H groups in total. The van der Waals surface area contributed by atoms with Crippen LogP contribution >= 0.6 is 0 Å². The first-order chi connectivity index (χ1) is 10.8. The van der Waals surface area contributed by atoms with Crippen molar-refractivity contribution in [3.63, 3.8) is 0 Å². The standard InChI is InChI=1S/C17H17N3O2/c21-17(18-10-13-6-2-1-3-7-13)19-11-16-20-15-9-5-4-8-14(15)12-22-16/h1-9H,10-12H2,(H2,18,19,21). The summed E-state index contributed by atoms with van der Waals surface area (Å²) in [5.74, 6) is 0.522.